The number of piperazine rings is 1. The molecule has 1 aromatic carbocycles. The van der Waals surface area contributed by atoms with Crippen LogP contribution in [-0.2, 0) is 9.59 Å². The minimum absolute atomic E-state index is 0.0966. The Balaban J connectivity index is 0.000000164. The number of halogens is 3. The summed E-state index contributed by atoms with van der Waals surface area (Å²) in [4.78, 5) is 29.5. The van der Waals surface area contributed by atoms with E-state index < -0.39 is 35.7 Å². The number of rotatable bonds is 4. The average Bonchev–Trinajstić information content (AvgIpc) is 3.60. The lowest BCUT2D eigenvalue weighted by Crippen LogP contribution is -2.48. The zero-order valence-corrected chi connectivity index (χ0v) is 23.6. The minimum atomic E-state index is -4.39. The summed E-state index contributed by atoms with van der Waals surface area (Å²) in [5.41, 5.74) is 0. The number of anilines is 1. The molecule has 4 fully saturated rings. The summed E-state index contributed by atoms with van der Waals surface area (Å²) in [6.07, 6.45) is 3.29. The van der Waals surface area contributed by atoms with Crippen LogP contribution in [0.25, 0.3) is 10.1 Å². The molecule has 0 bridgehead atoms. The zero-order chi connectivity index (χ0) is 27.7. The van der Waals surface area contributed by atoms with E-state index in [1.807, 2.05) is 0 Å². The van der Waals surface area contributed by atoms with Crippen molar-refractivity contribution >= 4 is 39.3 Å². The van der Waals surface area contributed by atoms with Crippen molar-refractivity contribution in [2.24, 2.45) is 29.6 Å². The number of likely N-dealkylation sites (tertiary alicyclic amines) is 1. The summed E-state index contributed by atoms with van der Waals surface area (Å²) in [6.45, 7) is 7.73. The van der Waals surface area contributed by atoms with Crippen molar-refractivity contribution in [1.29, 1.82) is 0 Å². The van der Waals surface area contributed by atoms with Crippen LogP contribution in [0.15, 0.2) is 24.3 Å². The number of carbonyl (C=O) groups is 2. The van der Waals surface area contributed by atoms with Crippen molar-refractivity contribution in [1.82, 2.24) is 14.2 Å². The van der Waals surface area contributed by atoms with Gasteiger partial charge in [-0.3, -0.25) is 19.4 Å². The molecule has 2 saturated carbocycles. The highest BCUT2D eigenvalue weighted by Crippen LogP contribution is 2.53. The van der Waals surface area contributed by atoms with Crippen molar-refractivity contribution in [2.75, 3.05) is 44.7 Å². The first kappa shape index (κ1) is 28.3. The smallest absolute Gasteiger partial charge is 0.353 e. The van der Waals surface area contributed by atoms with E-state index in [0.29, 0.717) is 6.42 Å². The summed E-state index contributed by atoms with van der Waals surface area (Å²) in [7, 11) is 1.27. The Labute approximate surface area is 232 Å². The topological polar surface area (TPSA) is 56.8 Å². The van der Waals surface area contributed by atoms with E-state index in [1.165, 1.54) is 74.7 Å². The van der Waals surface area contributed by atoms with Gasteiger partial charge >= 0.3 is 6.18 Å². The Morgan fingerprint density at radius 2 is 1.64 bits per heavy atom. The molecular formula is C29H39F3N4O2S. The summed E-state index contributed by atoms with van der Waals surface area (Å²) < 4.78 is 44.6. The second kappa shape index (κ2) is 11.7. The molecule has 1 aromatic heterocycles. The van der Waals surface area contributed by atoms with Gasteiger partial charge in [0.2, 0.25) is 11.8 Å². The van der Waals surface area contributed by atoms with Gasteiger partial charge in [-0.15, -0.1) is 0 Å². The third-order valence-electron chi connectivity index (χ3n) is 9.33. The van der Waals surface area contributed by atoms with Crippen molar-refractivity contribution in [2.45, 2.75) is 58.0 Å². The second-order valence-electron chi connectivity index (χ2n) is 11.6. The van der Waals surface area contributed by atoms with E-state index in [-0.39, 0.29) is 12.3 Å². The van der Waals surface area contributed by atoms with Crippen LogP contribution >= 0.6 is 11.5 Å². The molecule has 39 heavy (non-hydrogen) atoms. The molecule has 0 N–H and O–H groups in total. The van der Waals surface area contributed by atoms with E-state index in [2.05, 4.69) is 34.1 Å². The average molecular weight is 565 g/mol. The van der Waals surface area contributed by atoms with Gasteiger partial charge in [0, 0.05) is 45.2 Å². The Morgan fingerprint density at radius 1 is 0.974 bits per heavy atom. The largest absolute Gasteiger partial charge is 0.392 e. The third-order valence-corrected chi connectivity index (χ3v) is 10.1. The second-order valence-corrected chi connectivity index (χ2v) is 12.4. The van der Waals surface area contributed by atoms with Gasteiger partial charge in [-0.25, -0.2) is 0 Å². The van der Waals surface area contributed by atoms with Crippen LogP contribution < -0.4 is 4.90 Å². The molecule has 4 aliphatic rings. The summed E-state index contributed by atoms with van der Waals surface area (Å²) in [5.74, 6) is -2.87. The van der Waals surface area contributed by atoms with Crippen molar-refractivity contribution < 1.29 is 22.8 Å². The summed E-state index contributed by atoms with van der Waals surface area (Å²) in [5, 5.41) is 1.33. The van der Waals surface area contributed by atoms with Crippen LogP contribution in [0.5, 0.6) is 0 Å². The standard InChI is InChI=1S/C18H25N3S.C11H14F3NO2/c1-2-6-15(7-3-1)14-20-10-12-21(13-11-20)18-16-8-4-5-9-17(16)22-19-18;1-3-5-4-6(11(12,13)14)8-7(5)9(16)15(2)10(8)17/h4-5,8-9,15H,1-3,6-7,10-14H2;5-8H,3-4H2,1-2H3/t;5?,6-,7?,8?/m.1/s1. The number of benzene rings is 1. The van der Waals surface area contributed by atoms with Gasteiger partial charge in [-0.05, 0) is 54.8 Å². The number of hydrogen-bond acceptors (Lipinski definition) is 6. The zero-order valence-electron chi connectivity index (χ0n) is 22.8. The number of fused-ring (bicyclic) bond motifs is 2. The van der Waals surface area contributed by atoms with E-state index in [4.69, 9.17) is 4.37 Å². The molecule has 2 aliphatic carbocycles. The van der Waals surface area contributed by atoms with Crippen LogP contribution in [0.3, 0.4) is 0 Å². The molecule has 6 nitrogen and oxygen atoms in total. The normalized spacial score (nSPS) is 28.6. The van der Waals surface area contributed by atoms with Gasteiger partial charge < -0.3 is 4.90 Å². The predicted octanol–water partition coefficient (Wildman–Crippen LogP) is 5.82. The molecule has 0 radical (unpaired) electrons. The number of carbonyl (C=O) groups excluding carboxylic acids is 2. The van der Waals surface area contributed by atoms with Gasteiger partial charge in [-0.2, -0.15) is 17.5 Å². The van der Waals surface area contributed by atoms with Gasteiger partial charge in [0.05, 0.1) is 22.5 Å². The molecule has 6 rings (SSSR count). The predicted molar refractivity (Wildman–Crippen MR) is 148 cm³/mol. The molecule has 2 aromatic rings. The number of amides is 2. The molecule has 0 spiro atoms. The fraction of sp³-hybridized carbons (Fsp3) is 0.690. The molecule has 2 aliphatic heterocycles. The quantitative estimate of drug-likeness (QED) is 0.438. The lowest BCUT2D eigenvalue weighted by Gasteiger charge is -2.37. The maximum Gasteiger partial charge on any atom is 0.392 e. The molecule has 3 unspecified atom stereocenters. The number of alkyl halides is 3. The number of aromatic nitrogens is 1. The first-order valence-corrected chi connectivity index (χ1v) is 15.2. The number of nitrogens with zero attached hydrogens (tertiary/aromatic N) is 4. The fourth-order valence-corrected chi connectivity index (χ4v) is 7.93. The Hall–Kier alpha value is -2.20. The Morgan fingerprint density at radius 3 is 2.31 bits per heavy atom. The van der Waals surface area contributed by atoms with Crippen molar-refractivity contribution in [3.63, 3.8) is 0 Å². The van der Waals surface area contributed by atoms with Gasteiger partial charge in [-0.1, -0.05) is 44.7 Å². The molecule has 4 atom stereocenters. The molecule has 10 heteroatoms. The lowest BCUT2D eigenvalue weighted by atomic mass is 9.88. The molecule has 214 valence electrons. The van der Waals surface area contributed by atoms with E-state index >= 15 is 0 Å². The maximum atomic E-state index is 12.9. The molecular weight excluding hydrogens is 525 g/mol. The summed E-state index contributed by atoms with van der Waals surface area (Å²) >= 11 is 1.63. The lowest BCUT2D eigenvalue weighted by molar-refractivity contribution is -0.187. The van der Waals surface area contributed by atoms with E-state index in [1.54, 1.807) is 18.5 Å². The highest BCUT2D eigenvalue weighted by Gasteiger charge is 2.63. The van der Waals surface area contributed by atoms with E-state index in [9.17, 15) is 22.8 Å². The molecule has 2 amide bonds. The Kier molecular flexibility index (Phi) is 8.52. The van der Waals surface area contributed by atoms with Gasteiger partial charge in [0.15, 0.2) is 0 Å². The highest BCUT2D eigenvalue weighted by atomic mass is 32.1. The van der Waals surface area contributed by atoms with Gasteiger partial charge in [0.1, 0.15) is 5.82 Å². The third kappa shape index (κ3) is 5.82. The van der Waals surface area contributed by atoms with Crippen molar-refractivity contribution in [3.05, 3.63) is 24.3 Å². The number of hydrogen-bond donors (Lipinski definition) is 0. The van der Waals surface area contributed by atoms with Crippen LogP contribution in [0.1, 0.15) is 51.9 Å². The fourth-order valence-electron chi connectivity index (χ4n) is 7.14. The minimum Gasteiger partial charge on any atom is -0.353 e. The highest BCUT2D eigenvalue weighted by molar-refractivity contribution is 7.13. The van der Waals surface area contributed by atoms with Crippen LogP contribution in [0.4, 0.5) is 19.0 Å². The molecule has 2 saturated heterocycles. The summed E-state index contributed by atoms with van der Waals surface area (Å²) in [6, 6.07) is 8.62. The van der Waals surface area contributed by atoms with Crippen LogP contribution in [0.2, 0.25) is 0 Å². The Bertz CT molecular complexity index is 1160. The van der Waals surface area contributed by atoms with Crippen LogP contribution in [-0.4, -0.2) is 71.9 Å². The van der Waals surface area contributed by atoms with Gasteiger partial charge in [0.25, 0.3) is 0 Å². The SMILES string of the molecule is CCC1C[C@@H](C(F)(F)F)C2C(=O)N(C)C(=O)C12.c1ccc2c(N3CCN(CC4CCCCC4)CC3)nsc2c1. The van der Waals surface area contributed by atoms with E-state index in [0.717, 1.165) is 23.9 Å². The first-order valence-electron chi connectivity index (χ1n) is 14.4. The number of imide groups is 1. The maximum absolute atomic E-state index is 12.9. The first-order chi connectivity index (χ1) is 18.7. The van der Waals surface area contributed by atoms with Crippen molar-refractivity contribution in [3.8, 4) is 0 Å². The van der Waals surface area contributed by atoms with Crippen LogP contribution in [0, 0.1) is 29.6 Å². The monoisotopic (exact) mass is 564 g/mol. The molecule has 3 heterocycles.